The fraction of sp³-hybridized carbons (Fsp3) is 0.438. The summed E-state index contributed by atoms with van der Waals surface area (Å²) in [6, 6.07) is 6.62. The number of Topliss-reactive ketones (excluding diaryl/α,β-unsaturated/α-hetero) is 1. The van der Waals surface area contributed by atoms with Gasteiger partial charge in [0.1, 0.15) is 11.6 Å². The second-order valence-corrected chi connectivity index (χ2v) is 6.17. The Hall–Kier alpha value is -2.46. The quantitative estimate of drug-likeness (QED) is 0.477. The maximum absolute atomic E-state index is 12.4. The predicted octanol–water partition coefficient (Wildman–Crippen LogP) is 2.39. The van der Waals surface area contributed by atoms with Gasteiger partial charge in [-0.2, -0.15) is 4.79 Å². The SMILES string of the molecule is CC(C)(C)OC(=O)N1CCc2ccccc2C1C(=O)C=[N+]=[N-]. The van der Waals surface area contributed by atoms with Gasteiger partial charge in [-0.25, -0.2) is 4.79 Å². The van der Waals surface area contributed by atoms with Crippen molar-refractivity contribution in [1.82, 2.24) is 4.90 Å². The number of hydrogen-bond acceptors (Lipinski definition) is 3. The van der Waals surface area contributed by atoms with Gasteiger partial charge in [0.25, 0.3) is 5.78 Å². The molecule has 1 amide bonds. The molecule has 1 aromatic carbocycles. The third-order valence-electron chi connectivity index (χ3n) is 3.37. The van der Waals surface area contributed by atoms with Gasteiger partial charge in [0.15, 0.2) is 0 Å². The molecule has 1 aliphatic rings. The molecule has 1 aromatic rings. The van der Waals surface area contributed by atoms with Crippen molar-refractivity contribution in [3.05, 3.63) is 40.9 Å². The maximum Gasteiger partial charge on any atom is 0.411 e. The molecule has 0 radical (unpaired) electrons. The first kappa shape index (κ1) is 15.9. The number of carbonyl (C=O) groups is 2. The number of carbonyl (C=O) groups excluding carboxylic acids is 2. The van der Waals surface area contributed by atoms with Crippen LogP contribution in [0.5, 0.6) is 0 Å². The number of ether oxygens (including phenoxy) is 1. The molecule has 0 fully saturated rings. The molecule has 1 aliphatic heterocycles. The van der Waals surface area contributed by atoms with Crippen molar-refractivity contribution in [2.75, 3.05) is 6.54 Å². The Bertz CT molecular complexity index is 642. The van der Waals surface area contributed by atoms with Crippen LogP contribution in [0.15, 0.2) is 24.3 Å². The smallest absolute Gasteiger partial charge is 0.411 e. The normalized spacial score (nSPS) is 17.2. The van der Waals surface area contributed by atoms with Crippen LogP contribution in [0.25, 0.3) is 5.53 Å². The summed E-state index contributed by atoms with van der Waals surface area (Å²) in [6.45, 7) is 5.69. The molecule has 0 bridgehead atoms. The molecule has 116 valence electrons. The molecule has 0 aromatic heterocycles. The predicted molar refractivity (Wildman–Crippen MR) is 80.5 cm³/mol. The molecular formula is C16H19N3O3. The van der Waals surface area contributed by atoms with Crippen molar-refractivity contribution < 1.29 is 19.1 Å². The molecule has 0 saturated heterocycles. The lowest BCUT2D eigenvalue weighted by Gasteiger charge is -2.36. The molecule has 1 heterocycles. The van der Waals surface area contributed by atoms with Crippen molar-refractivity contribution in [2.45, 2.75) is 38.8 Å². The van der Waals surface area contributed by atoms with Gasteiger partial charge in [-0.05, 0) is 38.3 Å². The maximum atomic E-state index is 12.4. The fourth-order valence-electron chi connectivity index (χ4n) is 2.52. The highest BCUT2D eigenvalue weighted by Gasteiger charge is 2.38. The van der Waals surface area contributed by atoms with Gasteiger partial charge < -0.3 is 10.3 Å². The van der Waals surface area contributed by atoms with Crippen LogP contribution >= 0.6 is 0 Å². The highest BCUT2D eigenvalue weighted by Crippen LogP contribution is 2.31. The number of amides is 1. The Kier molecular flexibility index (Phi) is 4.43. The van der Waals surface area contributed by atoms with Gasteiger partial charge in [0, 0.05) is 6.54 Å². The van der Waals surface area contributed by atoms with Gasteiger partial charge in [0.05, 0.1) is 0 Å². The third kappa shape index (κ3) is 3.40. The average molecular weight is 301 g/mol. The van der Waals surface area contributed by atoms with Gasteiger partial charge >= 0.3 is 12.3 Å². The van der Waals surface area contributed by atoms with Crippen molar-refractivity contribution >= 4 is 18.1 Å². The minimum absolute atomic E-state index is 0.377. The largest absolute Gasteiger partial charge is 0.444 e. The van der Waals surface area contributed by atoms with Gasteiger partial charge in [-0.1, -0.05) is 24.3 Å². The first-order valence-corrected chi connectivity index (χ1v) is 7.12. The topological polar surface area (TPSA) is 83.0 Å². The highest BCUT2D eigenvalue weighted by molar-refractivity contribution is 6.28. The van der Waals surface area contributed by atoms with E-state index >= 15 is 0 Å². The summed E-state index contributed by atoms with van der Waals surface area (Å²) in [5.41, 5.74) is 9.74. The Balaban J connectivity index is 2.39. The Morgan fingerprint density at radius 3 is 2.68 bits per heavy atom. The van der Waals surface area contributed by atoms with Gasteiger partial charge in [-0.3, -0.25) is 9.69 Å². The van der Waals surface area contributed by atoms with Gasteiger partial charge in [-0.15, -0.1) is 0 Å². The van der Waals surface area contributed by atoms with E-state index in [1.54, 1.807) is 26.8 Å². The van der Waals surface area contributed by atoms with E-state index in [2.05, 4.69) is 4.79 Å². The second-order valence-electron chi connectivity index (χ2n) is 6.17. The zero-order valence-electron chi connectivity index (χ0n) is 12.9. The fourth-order valence-corrected chi connectivity index (χ4v) is 2.52. The van der Waals surface area contributed by atoms with Crippen LogP contribution < -0.4 is 0 Å². The second kappa shape index (κ2) is 6.12. The summed E-state index contributed by atoms with van der Waals surface area (Å²) in [5.74, 6) is -0.458. The van der Waals surface area contributed by atoms with Crippen molar-refractivity contribution in [2.24, 2.45) is 0 Å². The monoisotopic (exact) mass is 301 g/mol. The van der Waals surface area contributed by atoms with E-state index in [9.17, 15) is 9.59 Å². The number of ketones is 1. The zero-order valence-corrected chi connectivity index (χ0v) is 12.9. The van der Waals surface area contributed by atoms with Crippen molar-refractivity contribution in [1.29, 1.82) is 0 Å². The first-order valence-electron chi connectivity index (χ1n) is 7.12. The minimum atomic E-state index is -0.823. The van der Waals surface area contributed by atoms with Crippen LogP contribution in [-0.4, -0.2) is 39.9 Å². The lowest BCUT2D eigenvalue weighted by atomic mass is 9.90. The summed E-state index contributed by atoms with van der Waals surface area (Å²) in [5, 5.41) is 0. The summed E-state index contributed by atoms with van der Waals surface area (Å²) >= 11 is 0. The molecule has 1 unspecified atom stereocenters. The Labute approximate surface area is 129 Å². The number of fused-ring (bicyclic) bond motifs is 1. The lowest BCUT2D eigenvalue weighted by Crippen LogP contribution is -2.46. The molecule has 0 spiro atoms. The summed E-state index contributed by atoms with van der Waals surface area (Å²) < 4.78 is 5.38. The number of nitrogens with zero attached hydrogens (tertiary/aromatic N) is 3. The zero-order chi connectivity index (χ0) is 16.3. The van der Waals surface area contributed by atoms with E-state index in [1.165, 1.54) is 4.90 Å². The lowest BCUT2D eigenvalue weighted by molar-refractivity contribution is -0.121. The van der Waals surface area contributed by atoms with Gasteiger partial charge in [0.2, 0.25) is 0 Å². The van der Waals surface area contributed by atoms with E-state index in [1.807, 2.05) is 18.2 Å². The molecule has 0 aliphatic carbocycles. The molecule has 22 heavy (non-hydrogen) atoms. The molecule has 0 N–H and O–H groups in total. The first-order chi connectivity index (χ1) is 10.3. The number of rotatable bonds is 2. The molecule has 2 rings (SSSR count). The molecule has 6 heteroatoms. The van der Waals surface area contributed by atoms with Crippen LogP contribution in [0.4, 0.5) is 4.79 Å². The average Bonchev–Trinajstić information content (AvgIpc) is 2.44. The highest BCUT2D eigenvalue weighted by atomic mass is 16.6. The van der Waals surface area contributed by atoms with Crippen LogP contribution in [0.1, 0.15) is 37.9 Å². The van der Waals surface area contributed by atoms with Crippen molar-refractivity contribution in [3.63, 3.8) is 0 Å². The van der Waals surface area contributed by atoms with E-state index in [0.717, 1.165) is 17.3 Å². The molecular weight excluding hydrogens is 282 g/mol. The Morgan fingerprint density at radius 2 is 2.05 bits per heavy atom. The Morgan fingerprint density at radius 1 is 1.36 bits per heavy atom. The van der Waals surface area contributed by atoms with E-state index in [-0.39, 0.29) is 0 Å². The summed E-state index contributed by atoms with van der Waals surface area (Å²) in [4.78, 5) is 28.9. The van der Waals surface area contributed by atoms with E-state index in [0.29, 0.717) is 13.0 Å². The summed E-state index contributed by atoms with van der Waals surface area (Å²) in [6.07, 6.45) is 0.922. The molecule has 0 saturated carbocycles. The number of benzene rings is 1. The van der Waals surface area contributed by atoms with E-state index < -0.39 is 23.5 Å². The molecule has 1 atom stereocenters. The van der Waals surface area contributed by atoms with Crippen LogP contribution in [0.2, 0.25) is 0 Å². The van der Waals surface area contributed by atoms with Crippen LogP contribution in [-0.2, 0) is 16.0 Å². The summed E-state index contributed by atoms with van der Waals surface area (Å²) in [7, 11) is 0. The third-order valence-corrected chi connectivity index (χ3v) is 3.37. The standard InChI is InChI=1S/C16H19N3O3/c1-16(2,3)22-15(21)19-9-8-11-6-4-5-7-12(11)14(19)13(20)10-18-17/h4-7,10,14H,8-9H2,1-3H3. The van der Waals surface area contributed by atoms with Crippen LogP contribution in [0.3, 0.4) is 0 Å². The van der Waals surface area contributed by atoms with Crippen LogP contribution in [0, 0.1) is 0 Å². The van der Waals surface area contributed by atoms with Crippen molar-refractivity contribution in [3.8, 4) is 0 Å². The molecule has 6 nitrogen and oxygen atoms in total. The van der Waals surface area contributed by atoms with E-state index in [4.69, 9.17) is 10.3 Å². The number of hydrogen-bond donors (Lipinski definition) is 0. The minimum Gasteiger partial charge on any atom is -0.444 e.